The molecular weight excluding hydrogens is 464 g/mol. The van der Waals surface area contributed by atoms with Crippen molar-refractivity contribution in [1.29, 1.82) is 0 Å². The van der Waals surface area contributed by atoms with Gasteiger partial charge in [0.05, 0.1) is 21.7 Å². The van der Waals surface area contributed by atoms with Gasteiger partial charge >= 0.3 is 0 Å². The minimum absolute atomic E-state index is 0.222. The summed E-state index contributed by atoms with van der Waals surface area (Å²) in [5.74, 6) is 0.341. The highest BCUT2D eigenvalue weighted by molar-refractivity contribution is 9.10. The quantitative estimate of drug-likeness (QED) is 0.524. The number of benzene rings is 2. The molecule has 6 nitrogen and oxygen atoms in total. The second-order valence-electron chi connectivity index (χ2n) is 5.86. The van der Waals surface area contributed by atoms with Gasteiger partial charge in [0.2, 0.25) is 5.91 Å². The SMILES string of the molecule is CCOc1ccc(Br)cc1C=CC(=O)Nc1nc2ccc(S(C)(=O)=O)cc2s1. The Kier molecular flexibility index (Phi) is 6.17. The van der Waals surface area contributed by atoms with E-state index in [0.29, 0.717) is 27.7 Å². The molecule has 28 heavy (non-hydrogen) atoms. The van der Waals surface area contributed by atoms with Crippen LogP contribution in [-0.2, 0) is 14.6 Å². The molecule has 1 N–H and O–H groups in total. The highest BCUT2D eigenvalue weighted by Gasteiger charge is 2.11. The van der Waals surface area contributed by atoms with E-state index in [-0.39, 0.29) is 10.8 Å². The van der Waals surface area contributed by atoms with E-state index in [0.717, 1.165) is 16.3 Å². The first-order valence-electron chi connectivity index (χ1n) is 8.28. The number of ether oxygens (including phenoxy) is 1. The molecule has 3 rings (SSSR count). The molecule has 1 heterocycles. The predicted octanol–water partition coefficient (Wildman–Crippen LogP) is 4.51. The van der Waals surface area contributed by atoms with Gasteiger partial charge in [0, 0.05) is 22.4 Å². The number of fused-ring (bicyclic) bond motifs is 1. The molecule has 0 aliphatic carbocycles. The predicted molar refractivity (Wildman–Crippen MR) is 116 cm³/mol. The number of carbonyl (C=O) groups excluding carboxylic acids is 1. The van der Waals surface area contributed by atoms with Crippen LogP contribution in [0.2, 0.25) is 0 Å². The average Bonchev–Trinajstić information content (AvgIpc) is 3.02. The van der Waals surface area contributed by atoms with Gasteiger partial charge in [-0.15, -0.1) is 0 Å². The molecule has 1 amide bonds. The molecule has 3 aromatic rings. The fourth-order valence-electron chi connectivity index (χ4n) is 2.44. The Labute approximate surface area is 175 Å². The summed E-state index contributed by atoms with van der Waals surface area (Å²) in [5, 5.41) is 3.10. The molecule has 0 radical (unpaired) electrons. The van der Waals surface area contributed by atoms with Crippen molar-refractivity contribution in [2.75, 3.05) is 18.2 Å². The number of halogens is 1. The number of aromatic nitrogens is 1. The lowest BCUT2D eigenvalue weighted by molar-refractivity contribution is -0.111. The Morgan fingerprint density at radius 1 is 1.29 bits per heavy atom. The first-order valence-corrected chi connectivity index (χ1v) is 11.8. The normalized spacial score (nSPS) is 11.8. The van der Waals surface area contributed by atoms with Crippen LogP contribution in [-0.4, -0.2) is 32.2 Å². The van der Waals surface area contributed by atoms with Gasteiger partial charge in [0.1, 0.15) is 5.75 Å². The average molecular weight is 481 g/mol. The Morgan fingerprint density at radius 2 is 2.07 bits per heavy atom. The third-order valence-electron chi connectivity index (χ3n) is 3.70. The Bertz CT molecular complexity index is 1170. The maximum Gasteiger partial charge on any atom is 0.250 e. The molecule has 0 bridgehead atoms. The summed E-state index contributed by atoms with van der Waals surface area (Å²) in [5.41, 5.74) is 1.40. The maximum atomic E-state index is 12.3. The third kappa shape index (κ3) is 4.98. The standard InChI is InChI=1S/C19H17BrN2O4S2/c1-3-26-16-8-5-13(20)10-12(16)4-9-18(23)22-19-21-15-7-6-14(28(2,24)25)11-17(15)27-19/h4-11H,3H2,1-2H3,(H,21,22,23). The van der Waals surface area contributed by atoms with Gasteiger partial charge in [0.15, 0.2) is 15.0 Å². The maximum absolute atomic E-state index is 12.3. The smallest absolute Gasteiger partial charge is 0.250 e. The second-order valence-corrected chi connectivity index (χ2v) is 9.82. The minimum Gasteiger partial charge on any atom is -0.493 e. The molecular formula is C19H17BrN2O4S2. The fourth-order valence-corrected chi connectivity index (χ4v) is 4.45. The number of amides is 1. The first-order chi connectivity index (χ1) is 13.3. The number of carbonyl (C=O) groups is 1. The van der Waals surface area contributed by atoms with Crippen molar-refractivity contribution in [3.63, 3.8) is 0 Å². The number of nitrogens with one attached hydrogen (secondary N) is 1. The molecule has 0 unspecified atom stereocenters. The summed E-state index contributed by atoms with van der Waals surface area (Å²) in [7, 11) is -3.30. The molecule has 0 atom stereocenters. The molecule has 0 fully saturated rings. The second kappa shape index (κ2) is 8.42. The van der Waals surface area contributed by atoms with Gasteiger partial charge in [-0.25, -0.2) is 13.4 Å². The van der Waals surface area contributed by atoms with E-state index in [2.05, 4.69) is 26.2 Å². The lowest BCUT2D eigenvalue weighted by Crippen LogP contribution is -2.07. The first kappa shape index (κ1) is 20.5. The molecule has 146 valence electrons. The van der Waals surface area contributed by atoms with E-state index in [1.165, 1.54) is 23.5 Å². The number of nitrogens with zero attached hydrogens (tertiary/aromatic N) is 1. The van der Waals surface area contributed by atoms with Crippen LogP contribution < -0.4 is 10.1 Å². The summed E-state index contributed by atoms with van der Waals surface area (Å²) < 4.78 is 30.5. The monoisotopic (exact) mass is 480 g/mol. The number of hydrogen-bond donors (Lipinski definition) is 1. The molecule has 0 saturated heterocycles. The lowest BCUT2D eigenvalue weighted by atomic mass is 10.2. The van der Waals surface area contributed by atoms with E-state index in [4.69, 9.17) is 4.74 Å². The zero-order valence-corrected chi connectivity index (χ0v) is 18.3. The van der Waals surface area contributed by atoms with Crippen molar-refractivity contribution < 1.29 is 17.9 Å². The Morgan fingerprint density at radius 3 is 2.79 bits per heavy atom. The van der Waals surface area contributed by atoms with Crippen LogP contribution in [0.15, 0.2) is 51.8 Å². The van der Waals surface area contributed by atoms with Crippen molar-refractivity contribution in [3.8, 4) is 5.75 Å². The Balaban J connectivity index is 1.78. The Hall–Kier alpha value is -2.23. The van der Waals surface area contributed by atoms with Gasteiger partial charge in [-0.1, -0.05) is 27.3 Å². The van der Waals surface area contributed by atoms with Crippen molar-refractivity contribution in [3.05, 3.63) is 52.5 Å². The molecule has 0 aliphatic rings. The van der Waals surface area contributed by atoms with Gasteiger partial charge in [-0.05, 0) is 49.4 Å². The van der Waals surface area contributed by atoms with E-state index in [1.807, 2.05) is 25.1 Å². The van der Waals surface area contributed by atoms with Gasteiger partial charge < -0.3 is 4.74 Å². The van der Waals surface area contributed by atoms with Crippen molar-refractivity contribution >= 4 is 64.4 Å². The summed E-state index contributed by atoms with van der Waals surface area (Å²) in [6.45, 7) is 2.42. The van der Waals surface area contributed by atoms with Crippen LogP contribution in [0.5, 0.6) is 5.75 Å². The van der Waals surface area contributed by atoms with E-state index >= 15 is 0 Å². The number of rotatable bonds is 6. The summed E-state index contributed by atoms with van der Waals surface area (Å²) in [6.07, 6.45) is 4.22. The molecule has 0 aliphatic heterocycles. The highest BCUT2D eigenvalue weighted by atomic mass is 79.9. The zero-order valence-electron chi connectivity index (χ0n) is 15.1. The number of thiazole rings is 1. The molecule has 1 aromatic heterocycles. The van der Waals surface area contributed by atoms with E-state index in [9.17, 15) is 13.2 Å². The lowest BCUT2D eigenvalue weighted by Gasteiger charge is -2.07. The van der Waals surface area contributed by atoms with Crippen LogP contribution >= 0.6 is 27.3 Å². The van der Waals surface area contributed by atoms with Crippen LogP contribution in [0.25, 0.3) is 16.3 Å². The van der Waals surface area contributed by atoms with Crippen molar-refractivity contribution in [1.82, 2.24) is 4.98 Å². The largest absolute Gasteiger partial charge is 0.493 e. The van der Waals surface area contributed by atoms with Crippen molar-refractivity contribution in [2.24, 2.45) is 0 Å². The summed E-state index contributed by atoms with van der Waals surface area (Å²) in [4.78, 5) is 16.8. The van der Waals surface area contributed by atoms with Crippen LogP contribution in [0.4, 0.5) is 5.13 Å². The summed E-state index contributed by atoms with van der Waals surface area (Å²) >= 11 is 4.62. The molecule has 0 spiro atoms. The fraction of sp³-hybridized carbons (Fsp3) is 0.158. The van der Waals surface area contributed by atoms with E-state index < -0.39 is 9.84 Å². The number of sulfone groups is 1. The topological polar surface area (TPSA) is 85.4 Å². The van der Waals surface area contributed by atoms with Crippen LogP contribution in [0.1, 0.15) is 12.5 Å². The number of hydrogen-bond acceptors (Lipinski definition) is 6. The zero-order chi connectivity index (χ0) is 20.3. The van der Waals surface area contributed by atoms with Crippen LogP contribution in [0.3, 0.4) is 0 Å². The molecule has 2 aromatic carbocycles. The highest BCUT2D eigenvalue weighted by Crippen LogP contribution is 2.28. The third-order valence-corrected chi connectivity index (χ3v) is 6.24. The summed E-state index contributed by atoms with van der Waals surface area (Å²) in [6, 6.07) is 10.3. The van der Waals surface area contributed by atoms with Crippen LogP contribution in [0, 0.1) is 0 Å². The van der Waals surface area contributed by atoms with Gasteiger partial charge in [-0.3, -0.25) is 10.1 Å². The minimum atomic E-state index is -3.30. The molecule has 9 heteroatoms. The van der Waals surface area contributed by atoms with Crippen molar-refractivity contribution in [2.45, 2.75) is 11.8 Å². The number of anilines is 1. The molecule has 0 saturated carbocycles. The van der Waals surface area contributed by atoms with Gasteiger partial charge in [0.25, 0.3) is 0 Å². The van der Waals surface area contributed by atoms with Gasteiger partial charge in [-0.2, -0.15) is 0 Å². The van der Waals surface area contributed by atoms with E-state index in [1.54, 1.807) is 18.2 Å².